The summed E-state index contributed by atoms with van der Waals surface area (Å²) in [6, 6.07) is 11.2. The van der Waals surface area contributed by atoms with Gasteiger partial charge in [0.05, 0.1) is 18.5 Å². The van der Waals surface area contributed by atoms with E-state index < -0.39 is 0 Å². The summed E-state index contributed by atoms with van der Waals surface area (Å²) in [6.45, 7) is 2.89. The summed E-state index contributed by atoms with van der Waals surface area (Å²) in [6.07, 6.45) is 1.86. The third-order valence-corrected chi connectivity index (χ3v) is 6.78. The van der Waals surface area contributed by atoms with Crippen LogP contribution < -0.4 is 4.74 Å². The van der Waals surface area contributed by atoms with E-state index in [-0.39, 0.29) is 5.91 Å². The predicted molar refractivity (Wildman–Crippen MR) is 126 cm³/mol. The fourth-order valence-electron chi connectivity index (χ4n) is 2.44. The van der Waals surface area contributed by atoms with E-state index in [0.29, 0.717) is 32.4 Å². The Morgan fingerprint density at radius 2 is 2.00 bits per heavy atom. The molecule has 1 aliphatic rings. The maximum Gasteiger partial charge on any atom is 0.266 e. The molecule has 1 fully saturated rings. The molecule has 140 valence electrons. The van der Waals surface area contributed by atoms with Gasteiger partial charge in [0.2, 0.25) is 0 Å². The third kappa shape index (κ3) is 4.98. The predicted octanol–water partition coefficient (Wildman–Crippen LogP) is 6.40. The molecule has 0 radical (unpaired) electrons. The molecule has 8 heteroatoms. The Bertz CT molecular complexity index is 949. The molecule has 27 heavy (non-hydrogen) atoms. The van der Waals surface area contributed by atoms with Crippen LogP contribution in [-0.4, -0.2) is 21.7 Å². The van der Waals surface area contributed by atoms with Crippen molar-refractivity contribution in [1.82, 2.24) is 4.90 Å². The number of thiocarbonyl (C=S) groups is 1. The zero-order valence-electron chi connectivity index (χ0n) is 14.2. The minimum atomic E-state index is -0.0394. The average Bonchev–Trinajstić information content (AvgIpc) is 2.90. The molecule has 0 atom stereocenters. The highest BCUT2D eigenvalue weighted by atomic mass is 127. The topological polar surface area (TPSA) is 29.5 Å². The molecule has 0 N–H and O–H groups in total. The molecule has 3 rings (SSSR count). The van der Waals surface area contributed by atoms with E-state index in [9.17, 15) is 4.79 Å². The average molecular weight is 550 g/mol. The van der Waals surface area contributed by atoms with Gasteiger partial charge >= 0.3 is 0 Å². The first-order valence-corrected chi connectivity index (χ1v) is 11.1. The number of likely N-dealkylation sites (N-methyl/N-ethyl adjacent to an activating group) is 1. The smallest absolute Gasteiger partial charge is 0.266 e. The number of carbonyl (C=O) groups excluding carboxylic acids is 1. The lowest BCUT2D eigenvalue weighted by atomic mass is 10.2. The molecule has 0 aromatic heterocycles. The fraction of sp³-hybridized carbons (Fsp3) is 0.158. The minimum Gasteiger partial charge on any atom is -0.488 e. The van der Waals surface area contributed by atoms with Crippen molar-refractivity contribution in [2.45, 2.75) is 13.5 Å². The molecule has 1 heterocycles. The second kappa shape index (κ2) is 9.13. The molecule has 2 aromatic carbocycles. The van der Waals surface area contributed by atoms with Crippen molar-refractivity contribution in [3.05, 3.63) is 66.0 Å². The monoisotopic (exact) mass is 549 g/mol. The summed E-state index contributed by atoms with van der Waals surface area (Å²) in [5.41, 5.74) is 1.87. The number of amides is 1. The van der Waals surface area contributed by atoms with E-state index in [1.54, 1.807) is 17.0 Å². The van der Waals surface area contributed by atoms with Crippen LogP contribution in [0.5, 0.6) is 5.75 Å². The second-order valence-corrected chi connectivity index (χ2v) is 9.31. The first-order chi connectivity index (χ1) is 12.9. The molecule has 1 aliphatic heterocycles. The van der Waals surface area contributed by atoms with Gasteiger partial charge in [-0.05, 0) is 71.0 Å². The first kappa shape index (κ1) is 20.9. The molecule has 1 saturated heterocycles. The number of hydrogen-bond acceptors (Lipinski definition) is 4. The van der Waals surface area contributed by atoms with Crippen LogP contribution in [0, 0.1) is 3.57 Å². The lowest BCUT2D eigenvalue weighted by molar-refractivity contribution is -0.121. The zero-order chi connectivity index (χ0) is 19.6. The highest BCUT2D eigenvalue weighted by Gasteiger charge is 2.30. The number of nitrogens with zero attached hydrogens (tertiary/aromatic N) is 1. The molecule has 2 aromatic rings. The molecule has 0 unspecified atom stereocenters. The van der Waals surface area contributed by atoms with Crippen molar-refractivity contribution in [2.24, 2.45) is 0 Å². The summed E-state index contributed by atoms with van der Waals surface area (Å²) in [4.78, 5) is 14.6. The van der Waals surface area contributed by atoms with Crippen LogP contribution in [-0.2, 0) is 11.4 Å². The van der Waals surface area contributed by atoms with Crippen molar-refractivity contribution >= 4 is 86.1 Å². The standard InChI is InChI=1S/C19H14Cl2INO2S2/c1-2-23-18(24)17(27-19(23)26)9-11-4-6-16(15(22)8-11)25-10-12-3-5-13(20)14(21)7-12/h3-9H,2,10H2,1H3/b17-9-. The SMILES string of the molecule is CCN1C(=O)/C(=C/c2ccc(OCc3ccc(Cl)c(Cl)c3)c(I)c2)SC1=S. The maximum atomic E-state index is 12.3. The van der Waals surface area contributed by atoms with Crippen LogP contribution >= 0.6 is 69.8 Å². The fourth-order valence-corrected chi connectivity index (χ4v) is 4.84. The van der Waals surface area contributed by atoms with Gasteiger partial charge in [-0.1, -0.05) is 59.3 Å². The quantitative estimate of drug-likeness (QED) is 0.245. The van der Waals surface area contributed by atoms with E-state index in [4.69, 9.17) is 40.2 Å². The molecule has 1 amide bonds. The summed E-state index contributed by atoms with van der Waals surface area (Å²) < 4.78 is 7.44. The van der Waals surface area contributed by atoms with E-state index in [0.717, 1.165) is 20.4 Å². The second-order valence-electron chi connectivity index (χ2n) is 5.65. The van der Waals surface area contributed by atoms with Gasteiger partial charge in [0.25, 0.3) is 5.91 Å². The van der Waals surface area contributed by atoms with E-state index in [1.807, 2.05) is 37.3 Å². The van der Waals surface area contributed by atoms with Crippen LogP contribution in [0.4, 0.5) is 0 Å². The number of thioether (sulfide) groups is 1. The molecule has 0 spiro atoms. The number of benzene rings is 2. The van der Waals surface area contributed by atoms with Crippen LogP contribution in [0.3, 0.4) is 0 Å². The summed E-state index contributed by atoms with van der Waals surface area (Å²) in [7, 11) is 0. The first-order valence-electron chi connectivity index (χ1n) is 8.00. The zero-order valence-corrected chi connectivity index (χ0v) is 19.5. The molecule has 0 aliphatic carbocycles. The highest BCUT2D eigenvalue weighted by Crippen LogP contribution is 2.33. The minimum absolute atomic E-state index is 0.0394. The molecule has 0 saturated carbocycles. The third-order valence-electron chi connectivity index (χ3n) is 3.82. The number of rotatable bonds is 5. The van der Waals surface area contributed by atoms with Gasteiger partial charge in [0, 0.05) is 6.54 Å². The van der Waals surface area contributed by atoms with Crippen LogP contribution in [0.1, 0.15) is 18.1 Å². The highest BCUT2D eigenvalue weighted by molar-refractivity contribution is 14.1. The molecule has 3 nitrogen and oxygen atoms in total. The largest absolute Gasteiger partial charge is 0.488 e. The number of halogens is 3. The van der Waals surface area contributed by atoms with Crippen LogP contribution in [0.25, 0.3) is 6.08 Å². The molecular formula is C19H14Cl2INO2S2. The Balaban J connectivity index is 1.72. The van der Waals surface area contributed by atoms with Gasteiger partial charge in [0.15, 0.2) is 0 Å². The van der Waals surface area contributed by atoms with E-state index in [1.165, 1.54) is 11.8 Å². The summed E-state index contributed by atoms with van der Waals surface area (Å²) >= 11 is 20.8. The molecule has 0 bridgehead atoms. The Kier molecular flexibility index (Phi) is 7.08. The van der Waals surface area contributed by atoms with Gasteiger partial charge in [-0.2, -0.15) is 0 Å². The lowest BCUT2D eigenvalue weighted by Gasteiger charge is -2.10. The number of ether oxygens (including phenoxy) is 1. The summed E-state index contributed by atoms with van der Waals surface area (Å²) in [5.74, 6) is 0.724. The Morgan fingerprint density at radius 1 is 1.22 bits per heavy atom. The molecular weight excluding hydrogens is 536 g/mol. The number of carbonyl (C=O) groups is 1. The van der Waals surface area contributed by atoms with Gasteiger partial charge in [-0.15, -0.1) is 0 Å². The Hall–Kier alpha value is -0.800. The summed E-state index contributed by atoms with van der Waals surface area (Å²) in [5, 5.41) is 1.03. The number of hydrogen-bond donors (Lipinski definition) is 0. The van der Waals surface area contributed by atoms with Crippen molar-refractivity contribution < 1.29 is 9.53 Å². The Morgan fingerprint density at radius 3 is 2.63 bits per heavy atom. The van der Waals surface area contributed by atoms with Gasteiger partial charge in [-0.3, -0.25) is 9.69 Å². The normalized spacial score (nSPS) is 15.7. The van der Waals surface area contributed by atoms with Crippen LogP contribution in [0.2, 0.25) is 10.0 Å². The van der Waals surface area contributed by atoms with Gasteiger partial charge in [0.1, 0.15) is 16.7 Å². The maximum absolute atomic E-state index is 12.3. The van der Waals surface area contributed by atoms with E-state index in [2.05, 4.69) is 22.6 Å². The van der Waals surface area contributed by atoms with Crippen LogP contribution in [0.15, 0.2) is 41.3 Å². The van der Waals surface area contributed by atoms with Crippen molar-refractivity contribution in [1.29, 1.82) is 0 Å². The van der Waals surface area contributed by atoms with Gasteiger partial charge < -0.3 is 4.74 Å². The van der Waals surface area contributed by atoms with Crippen molar-refractivity contribution in [2.75, 3.05) is 6.54 Å². The van der Waals surface area contributed by atoms with Crippen molar-refractivity contribution in [3.8, 4) is 5.75 Å². The van der Waals surface area contributed by atoms with E-state index >= 15 is 0 Å². The van der Waals surface area contributed by atoms with Crippen molar-refractivity contribution in [3.63, 3.8) is 0 Å². The lowest BCUT2D eigenvalue weighted by Crippen LogP contribution is -2.27. The Labute approximate surface area is 191 Å². The van der Waals surface area contributed by atoms with Gasteiger partial charge in [-0.25, -0.2) is 0 Å².